The fourth-order valence-corrected chi connectivity index (χ4v) is 4.30. The first-order valence-electron chi connectivity index (χ1n) is 6.14. The minimum Gasteiger partial charge on any atom is -0.477 e. The molecule has 0 amide bonds. The van der Waals surface area contributed by atoms with Crippen molar-refractivity contribution in [3.8, 4) is 0 Å². The standard InChI is InChI=1S/C12H20N2O4S2/c1-8-7-10(19-11(8)12(15)16)20(17,18)13-9(2)5-6-14(3)4/h7,9,13H,5-6H2,1-4H3,(H,15,16). The van der Waals surface area contributed by atoms with Crippen molar-refractivity contribution in [1.29, 1.82) is 0 Å². The number of hydrogen-bond acceptors (Lipinski definition) is 5. The molecule has 0 aliphatic heterocycles. The van der Waals surface area contributed by atoms with E-state index in [9.17, 15) is 13.2 Å². The number of hydrogen-bond donors (Lipinski definition) is 2. The van der Waals surface area contributed by atoms with Gasteiger partial charge in [0, 0.05) is 6.04 Å². The van der Waals surface area contributed by atoms with E-state index in [4.69, 9.17) is 5.11 Å². The molecule has 8 heteroatoms. The Kier molecular flexibility index (Phi) is 5.69. The summed E-state index contributed by atoms with van der Waals surface area (Å²) in [7, 11) is 0.183. The van der Waals surface area contributed by atoms with E-state index >= 15 is 0 Å². The maximum Gasteiger partial charge on any atom is 0.346 e. The van der Waals surface area contributed by atoms with Gasteiger partial charge in [0.2, 0.25) is 10.0 Å². The summed E-state index contributed by atoms with van der Waals surface area (Å²) in [5.74, 6) is -1.10. The van der Waals surface area contributed by atoms with Crippen molar-refractivity contribution in [2.24, 2.45) is 0 Å². The highest BCUT2D eigenvalue weighted by Crippen LogP contribution is 2.26. The lowest BCUT2D eigenvalue weighted by Gasteiger charge is -2.16. The molecule has 114 valence electrons. The van der Waals surface area contributed by atoms with Crippen molar-refractivity contribution in [2.45, 2.75) is 30.5 Å². The van der Waals surface area contributed by atoms with Gasteiger partial charge in [-0.2, -0.15) is 0 Å². The number of carboxylic acid groups (broad SMARTS) is 1. The fraction of sp³-hybridized carbons (Fsp3) is 0.583. The van der Waals surface area contributed by atoms with Crippen LogP contribution in [-0.2, 0) is 10.0 Å². The predicted octanol–water partition coefficient (Wildman–Crippen LogP) is 1.37. The summed E-state index contributed by atoms with van der Waals surface area (Å²) in [6.07, 6.45) is 0.683. The molecule has 0 saturated heterocycles. The first kappa shape index (κ1) is 17.1. The Balaban J connectivity index is 2.83. The third kappa shape index (κ3) is 4.55. The van der Waals surface area contributed by atoms with E-state index in [0.717, 1.165) is 17.9 Å². The average Bonchev–Trinajstić information content (AvgIpc) is 2.69. The monoisotopic (exact) mass is 320 g/mol. The molecule has 1 atom stereocenters. The fourth-order valence-electron chi connectivity index (χ4n) is 1.63. The van der Waals surface area contributed by atoms with Gasteiger partial charge in [0.25, 0.3) is 0 Å². The normalized spacial score (nSPS) is 13.7. The van der Waals surface area contributed by atoms with Crippen molar-refractivity contribution in [2.75, 3.05) is 20.6 Å². The van der Waals surface area contributed by atoms with Crippen LogP contribution < -0.4 is 4.72 Å². The zero-order chi connectivity index (χ0) is 15.5. The molecule has 20 heavy (non-hydrogen) atoms. The SMILES string of the molecule is Cc1cc(S(=O)(=O)NC(C)CCN(C)C)sc1C(=O)O. The third-order valence-corrected chi connectivity index (χ3v) is 6.01. The topological polar surface area (TPSA) is 86.7 Å². The number of rotatable bonds is 7. The Bertz CT molecular complexity index is 578. The van der Waals surface area contributed by atoms with E-state index in [1.54, 1.807) is 13.8 Å². The average molecular weight is 320 g/mol. The number of nitrogens with zero attached hydrogens (tertiary/aromatic N) is 1. The number of carboxylic acids is 1. The molecular formula is C12H20N2O4S2. The lowest BCUT2D eigenvalue weighted by atomic mass is 10.2. The quantitative estimate of drug-likeness (QED) is 0.792. The van der Waals surface area contributed by atoms with Gasteiger partial charge < -0.3 is 10.0 Å². The van der Waals surface area contributed by atoms with Crippen LogP contribution >= 0.6 is 11.3 Å². The maximum absolute atomic E-state index is 12.2. The Morgan fingerprint density at radius 2 is 2.10 bits per heavy atom. The highest BCUT2D eigenvalue weighted by atomic mass is 32.2. The zero-order valence-corrected chi connectivity index (χ0v) is 13.6. The van der Waals surface area contributed by atoms with Crippen molar-refractivity contribution < 1.29 is 18.3 Å². The molecule has 0 spiro atoms. The minimum absolute atomic E-state index is 0.0455. The number of thiophene rings is 1. The molecule has 0 aliphatic rings. The lowest BCUT2D eigenvalue weighted by Crippen LogP contribution is -2.34. The number of sulfonamides is 1. The van der Waals surface area contributed by atoms with Crippen molar-refractivity contribution in [1.82, 2.24) is 9.62 Å². The van der Waals surface area contributed by atoms with Crippen molar-refractivity contribution in [3.05, 3.63) is 16.5 Å². The summed E-state index contributed by atoms with van der Waals surface area (Å²) in [4.78, 5) is 13.0. The van der Waals surface area contributed by atoms with E-state index in [1.165, 1.54) is 6.07 Å². The molecule has 2 N–H and O–H groups in total. The molecule has 0 bridgehead atoms. The van der Waals surface area contributed by atoms with Crippen LogP contribution in [0.15, 0.2) is 10.3 Å². The molecule has 0 saturated carbocycles. The Labute approximate surface area is 123 Å². The van der Waals surface area contributed by atoms with Crippen LogP contribution in [0.1, 0.15) is 28.6 Å². The van der Waals surface area contributed by atoms with Gasteiger partial charge in [0.15, 0.2) is 0 Å². The second-order valence-corrected chi connectivity index (χ2v) is 7.99. The molecule has 1 unspecified atom stereocenters. The Morgan fingerprint density at radius 3 is 2.55 bits per heavy atom. The lowest BCUT2D eigenvalue weighted by molar-refractivity contribution is 0.0701. The molecule has 1 aromatic heterocycles. The number of aryl methyl sites for hydroxylation is 1. The highest BCUT2D eigenvalue weighted by Gasteiger charge is 2.23. The Hall–Kier alpha value is -0.960. The summed E-state index contributed by atoms with van der Waals surface area (Å²) in [6.45, 7) is 4.15. The van der Waals surface area contributed by atoms with E-state index in [2.05, 4.69) is 4.72 Å². The summed E-state index contributed by atoms with van der Waals surface area (Å²) in [6, 6.07) is 1.19. The minimum atomic E-state index is -3.66. The first-order valence-corrected chi connectivity index (χ1v) is 8.44. The number of aromatic carboxylic acids is 1. The molecule has 1 heterocycles. The van der Waals surface area contributed by atoms with Crippen molar-refractivity contribution in [3.63, 3.8) is 0 Å². The van der Waals surface area contributed by atoms with Gasteiger partial charge in [-0.3, -0.25) is 0 Å². The van der Waals surface area contributed by atoms with Gasteiger partial charge in [-0.15, -0.1) is 11.3 Å². The molecule has 0 radical (unpaired) electrons. The van der Waals surface area contributed by atoms with Gasteiger partial charge in [0.05, 0.1) is 0 Å². The first-order chi connectivity index (χ1) is 9.13. The summed E-state index contributed by atoms with van der Waals surface area (Å²) < 4.78 is 27.0. The van der Waals surface area contributed by atoms with Crippen LogP contribution in [0.5, 0.6) is 0 Å². The largest absolute Gasteiger partial charge is 0.477 e. The van der Waals surface area contributed by atoms with Crippen LogP contribution in [0.4, 0.5) is 0 Å². The van der Waals surface area contributed by atoms with Crippen LogP contribution in [0.2, 0.25) is 0 Å². The number of carbonyl (C=O) groups is 1. The van der Waals surface area contributed by atoms with Crippen molar-refractivity contribution >= 4 is 27.3 Å². The van der Waals surface area contributed by atoms with Gasteiger partial charge >= 0.3 is 5.97 Å². The molecule has 6 nitrogen and oxygen atoms in total. The summed E-state index contributed by atoms with van der Waals surface area (Å²) in [5.41, 5.74) is 0.462. The zero-order valence-electron chi connectivity index (χ0n) is 12.0. The van der Waals surface area contributed by atoms with Gasteiger partial charge in [-0.1, -0.05) is 0 Å². The molecular weight excluding hydrogens is 300 g/mol. The van der Waals surface area contributed by atoms with Gasteiger partial charge in [-0.05, 0) is 52.5 Å². The van der Waals surface area contributed by atoms with E-state index in [1.807, 2.05) is 19.0 Å². The van der Waals surface area contributed by atoms with Crippen LogP contribution in [-0.4, -0.2) is 51.1 Å². The van der Waals surface area contributed by atoms with Crippen LogP contribution in [0, 0.1) is 6.92 Å². The van der Waals surface area contributed by atoms with E-state index < -0.39 is 16.0 Å². The van der Waals surface area contributed by atoms with Crippen LogP contribution in [0.25, 0.3) is 0 Å². The van der Waals surface area contributed by atoms with Gasteiger partial charge in [-0.25, -0.2) is 17.9 Å². The van der Waals surface area contributed by atoms with Gasteiger partial charge in [0.1, 0.15) is 9.09 Å². The Morgan fingerprint density at radius 1 is 1.50 bits per heavy atom. The highest BCUT2D eigenvalue weighted by molar-refractivity contribution is 7.91. The molecule has 1 aromatic rings. The molecule has 1 rings (SSSR count). The van der Waals surface area contributed by atoms with E-state index in [0.29, 0.717) is 12.0 Å². The molecule has 0 aliphatic carbocycles. The molecule has 0 aromatic carbocycles. The second kappa shape index (κ2) is 6.66. The number of nitrogens with one attached hydrogen (secondary N) is 1. The summed E-state index contributed by atoms with van der Waals surface area (Å²) >= 11 is 0.780. The second-order valence-electron chi connectivity index (χ2n) is 5.00. The van der Waals surface area contributed by atoms with Crippen LogP contribution in [0.3, 0.4) is 0 Å². The molecule has 0 fully saturated rings. The third-order valence-electron chi connectivity index (χ3n) is 2.72. The summed E-state index contributed by atoms with van der Waals surface area (Å²) in [5, 5.41) is 8.96. The smallest absolute Gasteiger partial charge is 0.346 e. The maximum atomic E-state index is 12.2. The van der Waals surface area contributed by atoms with E-state index in [-0.39, 0.29) is 15.1 Å². The predicted molar refractivity (Wildman–Crippen MR) is 79.0 cm³/mol.